The standard InChI is InChI=1S/C23H26N4O4S/c1-14(2)20(23-25-21(26-31-23)16-8-9-16)24-22(28)17-10-12-18(13-11-17)32(29,30)27-19-7-5-4-6-15(19)3/h4-7,10-14,16,20,27H,8-9H2,1-3H3,(H,24,28). The summed E-state index contributed by atoms with van der Waals surface area (Å²) in [6.45, 7) is 5.74. The Labute approximate surface area is 187 Å². The molecule has 1 aromatic heterocycles. The molecule has 32 heavy (non-hydrogen) atoms. The molecule has 0 aliphatic heterocycles. The highest BCUT2D eigenvalue weighted by Gasteiger charge is 2.31. The molecule has 1 aliphatic rings. The van der Waals surface area contributed by atoms with Gasteiger partial charge in [-0.05, 0) is 61.6 Å². The van der Waals surface area contributed by atoms with Crippen molar-refractivity contribution in [1.29, 1.82) is 0 Å². The van der Waals surface area contributed by atoms with Crippen molar-refractivity contribution >= 4 is 21.6 Å². The Morgan fingerprint density at radius 2 is 1.78 bits per heavy atom. The number of aromatic nitrogens is 2. The van der Waals surface area contributed by atoms with E-state index in [0.29, 0.717) is 28.9 Å². The lowest BCUT2D eigenvalue weighted by Gasteiger charge is -2.18. The van der Waals surface area contributed by atoms with Crippen molar-refractivity contribution in [1.82, 2.24) is 15.5 Å². The Hall–Kier alpha value is -3.20. The molecule has 0 bridgehead atoms. The molecule has 1 atom stereocenters. The first-order valence-electron chi connectivity index (χ1n) is 10.6. The van der Waals surface area contributed by atoms with E-state index in [1.54, 1.807) is 12.1 Å². The molecule has 1 saturated carbocycles. The van der Waals surface area contributed by atoms with Crippen LogP contribution in [0.15, 0.2) is 57.9 Å². The van der Waals surface area contributed by atoms with E-state index >= 15 is 0 Å². The maximum Gasteiger partial charge on any atom is 0.261 e. The summed E-state index contributed by atoms with van der Waals surface area (Å²) in [6.07, 6.45) is 2.12. The van der Waals surface area contributed by atoms with Crippen molar-refractivity contribution < 1.29 is 17.7 Å². The molecule has 2 aromatic carbocycles. The van der Waals surface area contributed by atoms with Gasteiger partial charge in [0.15, 0.2) is 5.82 Å². The summed E-state index contributed by atoms with van der Waals surface area (Å²) >= 11 is 0. The Kier molecular flexibility index (Phi) is 6.01. The number of amides is 1. The summed E-state index contributed by atoms with van der Waals surface area (Å²) in [5.74, 6) is 1.13. The van der Waals surface area contributed by atoms with Gasteiger partial charge in [-0.25, -0.2) is 8.42 Å². The van der Waals surface area contributed by atoms with E-state index in [9.17, 15) is 13.2 Å². The molecule has 1 fully saturated rings. The number of carbonyl (C=O) groups is 1. The first-order chi connectivity index (χ1) is 15.2. The SMILES string of the molecule is Cc1ccccc1NS(=O)(=O)c1ccc(C(=O)NC(c2nc(C3CC3)no2)C(C)C)cc1. The van der Waals surface area contributed by atoms with E-state index in [4.69, 9.17) is 4.52 Å². The van der Waals surface area contributed by atoms with Crippen molar-refractivity contribution in [2.75, 3.05) is 4.72 Å². The van der Waals surface area contributed by atoms with Crippen LogP contribution < -0.4 is 10.0 Å². The van der Waals surface area contributed by atoms with Gasteiger partial charge >= 0.3 is 0 Å². The van der Waals surface area contributed by atoms with Crippen LogP contribution in [0.1, 0.15) is 66.3 Å². The predicted molar refractivity (Wildman–Crippen MR) is 120 cm³/mol. The number of nitrogens with zero attached hydrogens (tertiary/aromatic N) is 2. The first kappa shape index (κ1) is 22.0. The average Bonchev–Trinajstić information content (AvgIpc) is 3.50. The van der Waals surface area contributed by atoms with Gasteiger partial charge in [-0.15, -0.1) is 0 Å². The van der Waals surface area contributed by atoms with Crippen LogP contribution in [0.2, 0.25) is 0 Å². The van der Waals surface area contributed by atoms with Crippen LogP contribution in [0.4, 0.5) is 5.69 Å². The van der Waals surface area contributed by atoms with Gasteiger partial charge in [-0.1, -0.05) is 37.2 Å². The number of carbonyl (C=O) groups excluding carboxylic acids is 1. The monoisotopic (exact) mass is 454 g/mol. The molecular formula is C23H26N4O4S. The molecule has 0 radical (unpaired) electrons. The van der Waals surface area contributed by atoms with E-state index in [0.717, 1.165) is 18.4 Å². The van der Waals surface area contributed by atoms with E-state index in [1.165, 1.54) is 24.3 Å². The van der Waals surface area contributed by atoms with Gasteiger partial charge in [-0.2, -0.15) is 4.98 Å². The minimum atomic E-state index is -3.77. The largest absolute Gasteiger partial charge is 0.340 e. The molecule has 1 heterocycles. The van der Waals surface area contributed by atoms with Gasteiger partial charge in [0.1, 0.15) is 6.04 Å². The number of sulfonamides is 1. The smallest absolute Gasteiger partial charge is 0.261 e. The van der Waals surface area contributed by atoms with Gasteiger partial charge in [0.25, 0.3) is 15.9 Å². The fourth-order valence-electron chi connectivity index (χ4n) is 3.30. The quantitative estimate of drug-likeness (QED) is 0.528. The lowest BCUT2D eigenvalue weighted by Crippen LogP contribution is -2.32. The van der Waals surface area contributed by atoms with Gasteiger partial charge in [0.05, 0.1) is 10.6 Å². The predicted octanol–water partition coefficient (Wildman–Crippen LogP) is 4.18. The lowest BCUT2D eigenvalue weighted by atomic mass is 10.0. The van der Waals surface area contributed by atoms with Crippen LogP contribution in [0, 0.1) is 12.8 Å². The van der Waals surface area contributed by atoms with E-state index in [-0.39, 0.29) is 16.7 Å². The summed E-state index contributed by atoms with van der Waals surface area (Å²) in [5.41, 5.74) is 1.67. The Bertz CT molecular complexity index is 1210. The molecular weight excluding hydrogens is 428 g/mol. The van der Waals surface area contributed by atoms with Crippen molar-refractivity contribution in [3.05, 3.63) is 71.4 Å². The summed E-state index contributed by atoms with van der Waals surface area (Å²) in [5, 5.41) is 6.96. The zero-order valence-electron chi connectivity index (χ0n) is 18.2. The number of para-hydroxylation sites is 1. The summed E-state index contributed by atoms with van der Waals surface area (Å²) in [6, 6.07) is 12.5. The number of aryl methyl sites for hydroxylation is 1. The molecule has 2 N–H and O–H groups in total. The number of benzene rings is 2. The third-order valence-corrected chi connectivity index (χ3v) is 6.82. The van der Waals surface area contributed by atoms with Crippen LogP contribution in [0.3, 0.4) is 0 Å². The molecule has 9 heteroatoms. The van der Waals surface area contributed by atoms with Crippen molar-refractivity contribution in [3.8, 4) is 0 Å². The molecule has 1 amide bonds. The fourth-order valence-corrected chi connectivity index (χ4v) is 4.43. The highest BCUT2D eigenvalue weighted by Crippen LogP contribution is 2.38. The normalized spacial score (nSPS) is 14.9. The van der Waals surface area contributed by atoms with Gasteiger partial charge in [-0.3, -0.25) is 9.52 Å². The minimum Gasteiger partial charge on any atom is -0.340 e. The topological polar surface area (TPSA) is 114 Å². The van der Waals surface area contributed by atoms with Gasteiger partial charge < -0.3 is 9.84 Å². The van der Waals surface area contributed by atoms with Crippen molar-refractivity contribution in [3.63, 3.8) is 0 Å². The van der Waals surface area contributed by atoms with Crippen LogP contribution in [-0.4, -0.2) is 24.5 Å². The zero-order valence-corrected chi connectivity index (χ0v) is 19.0. The Morgan fingerprint density at radius 3 is 2.41 bits per heavy atom. The number of anilines is 1. The summed E-state index contributed by atoms with van der Waals surface area (Å²) in [4.78, 5) is 17.3. The molecule has 0 spiro atoms. The van der Waals surface area contributed by atoms with E-state index in [2.05, 4.69) is 20.2 Å². The number of nitrogens with one attached hydrogen (secondary N) is 2. The third-order valence-electron chi connectivity index (χ3n) is 5.44. The van der Waals surface area contributed by atoms with Crippen LogP contribution in [0.5, 0.6) is 0 Å². The molecule has 1 unspecified atom stereocenters. The molecule has 4 rings (SSSR count). The second-order valence-electron chi connectivity index (χ2n) is 8.41. The number of hydrogen-bond acceptors (Lipinski definition) is 6. The van der Waals surface area contributed by atoms with Crippen molar-refractivity contribution in [2.24, 2.45) is 5.92 Å². The van der Waals surface area contributed by atoms with Gasteiger partial charge in [0.2, 0.25) is 5.89 Å². The minimum absolute atomic E-state index is 0.0319. The summed E-state index contributed by atoms with van der Waals surface area (Å²) in [7, 11) is -3.77. The lowest BCUT2D eigenvalue weighted by molar-refractivity contribution is 0.0914. The zero-order chi connectivity index (χ0) is 22.9. The number of rotatable bonds is 8. The summed E-state index contributed by atoms with van der Waals surface area (Å²) < 4.78 is 33.4. The van der Waals surface area contributed by atoms with Crippen LogP contribution in [0.25, 0.3) is 0 Å². The van der Waals surface area contributed by atoms with Gasteiger partial charge in [0, 0.05) is 11.5 Å². The Balaban J connectivity index is 1.47. The highest BCUT2D eigenvalue weighted by atomic mass is 32.2. The molecule has 1 aliphatic carbocycles. The van der Waals surface area contributed by atoms with E-state index in [1.807, 2.05) is 32.9 Å². The van der Waals surface area contributed by atoms with Crippen molar-refractivity contribution in [2.45, 2.75) is 50.5 Å². The van der Waals surface area contributed by atoms with Crippen LogP contribution in [-0.2, 0) is 10.0 Å². The number of hydrogen-bond donors (Lipinski definition) is 2. The third kappa shape index (κ3) is 4.83. The second kappa shape index (κ2) is 8.74. The highest BCUT2D eigenvalue weighted by molar-refractivity contribution is 7.92. The molecule has 8 nitrogen and oxygen atoms in total. The average molecular weight is 455 g/mol. The fraction of sp³-hybridized carbons (Fsp3) is 0.348. The second-order valence-corrected chi connectivity index (χ2v) is 10.1. The maximum absolute atomic E-state index is 12.8. The van der Waals surface area contributed by atoms with Crippen LogP contribution >= 0.6 is 0 Å². The molecule has 3 aromatic rings. The molecule has 0 saturated heterocycles. The molecule has 168 valence electrons. The Morgan fingerprint density at radius 1 is 1.09 bits per heavy atom. The van der Waals surface area contributed by atoms with E-state index < -0.39 is 16.1 Å². The maximum atomic E-state index is 12.8. The first-order valence-corrected chi connectivity index (χ1v) is 12.1.